The summed E-state index contributed by atoms with van der Waals surface area (Å²) in [4.78, 5) is 12.9. The Morgan fingerprint density at radius 3 is 2.96 bits per heavy atom. The summed E-state index contributed by atoms with van der Waals surface area (Å²) in [7, 11) is 0. The maximum atomic E-state index is 9.22. The fourth-order valence-electron chi connectivity index (χ4n) is 2.51. The van der Waals surface area contributed by atoms with E-state index >= 15 is 0 Å². The number of anilines is 1. The first-order valence-corrected chi connectivity index (χ1v) is 8.42. The van der Waals surface area contributed by atoms with Crippen LogP contribution in [0.15, 0.2) is 60.6 Å². The molecule has 0 aliphatic heterocycles. The summed E-state index contributed by atoms with van der Waals surface area (Å²) in [5.41, 5.74) is 1.28. The third kappa shape index (κ3) is 3.00. The van der Waals surface area contributed by atoms with Crippen molar-refractivity contribution in [2.45, 2.75) is 6.04 Å². The second kappa shape index (κ2) is 6.59. The minimum atomic E-state index is -0.105. The molecule has 0 aliphatic rings. The number of nitrogens with one attached hydrogen (secondary N) is 2. The van der Waals surface area contributed by atoms with E-state index in [9.17, 15) is 5.26 Å². The van der Waals surface area contributed by atoms with Crippen LogP contribution in [0.25, 0.3) is 5.82 Å². The Kier molecular flexibility index (Phi) is 3.98. The Balaban J connectivity index is 1.65. The average Bonchev–Trinajstić information content (AvgIpc) is 3.42. The van der Waals surface area contributed by atoms with Crippen molar-refractivity contribution in [3.8, 4) is 11.9 Å². The molecule has 0 aromatic carbocycles. The van der Waals surface area contributed by atoms with Crippen molar-refractivity contribution < 1.29 is 0 Å². The molecule has 122 valence electrons. The first-order valence-electron chi connectivity index (χ1n) is 7.54. The van der Waals surface area contributed by atoms with Gasteiger partial charge in [-0.05, 0) is 23.6 Å². The van der Waals surface area contributed by atoms with E-state index in [2.05, 4.69) is 37.5 Å². The van der Waals surface area contributed by atoms with Crippen LogP contribution >= 0.6 is 11.3 Å². The number of thiophene rings is 1. The molecule has 8 heteroatoms. The van der Waals surface area contributed by atoms with Crippen LogP contribution in [0.2, 0.25) is 0 Å². The van der Waals surface area contributed by atoms with E-state index in [1.54, 1.807) is 52.9 Å². The maximum absolute atomic E-state index is 9.22. The standard InChI is InChI=1S/C17H13N7S/c18-9-12-3-1-5-21-17(12)24-11-13(10-22-24)23-15(14-4-2-8-25-14)16-19-6-7-20-16/h1-8,10-11,15,23H,(H,19,20). The van der Waals surface area contributed by atoms with Crippen molar-refractivity contribution in [2.24, 2.45) is 0 Å². The van der Waals surface area contributed by atoms with Gasteiger partial charge in [-0.2, -0.15) is 10.4 Å². The van der Waals surface area contributed by atoms with E-state index in [1.807, 2.05) is 17.6 Å². The molecule has 25 heavy (non-hydrogen) atoms. The lowest BCUT2D eigenvalue weighted by atomic mass is 10.2. The van der Waals surface area contributed by atoms with Crippen molar-refractivity contribution in [2.75, 3.05) is 5.32 Å². The van der Waals surface area contributed by atoms with Gasteiger partial charge in [0.25, 0.3) is 0 Å². The summed E-state index contributed by atoms with van der Waals surface area (Å²) in [5, 5.41) is 19.0. The summed E-state index contributed by atoms with van der Waals surface area (Å²) in [6.45, 7) is 0. The zero-order chi connectivity index (χ0) is 17.1. The van der Waals surface area contributed by atoms with E-state index in [0.717, 1.165) is 16.4 Å². The van der Waals surface area contributed by atoms with Gasteiger partial charge in [0, 0.05) is 23.5 Å². The second-order valence-electron chi connectivity index (χ2n) is 5.23. The molecule has 2 N–H and O–H groups in total. The summed E-state index contributed by atoms with van der Waals surface area (Å²) >= 11 is 1.65. The molecule has 0 spiro atoms. The molecule has 4 heterocycles. The summed E-state index contributed by atoms with van der Waals surface area (Å²) in [6.07, 6.45) is 8.69. The second-order valence-corrected chi connectivity index (χ2v) is 6.21. The number of hydrogen-bond acceptors (Lipinski definition) is 6. The summed E-state index contributed by atoms with van der Waals surface area (Å²) in [5.74, 6) is 1.33. The lowest BCUT2D eigenvalue weighted by Crippen LogP contribution is -2.12. The first kappa shape index (κ1) is 15.1. The Bertz CT molecular complexity index is 962. The van der Waals surface area contributed by atoms with Crippen molar-refractivity contribution in [3.05, 3.63) is 76.9 Å². The molecule has 7 nitrogen and oxygen atoms in total. The summed E-state index contributed by atoms with van der Waals surface area (Å²) < 4.78 is 1.59. The zero-order valence-electron chi connectivity index (χ0n) is 13.0. The highest BCUT2D eigenvalue weighted by molar-refractivity contribution is 7.10. The number of hydrogen-bond donors (Lipinski definition) is 2. The Hall–Kier alpha value is -3.44. The normalized spacial score (nSPS) is 11.8. The zero-order valence-corrected chi connectivity index (χ0v) is 13.8. The van der Waals surface area contributed by atoms with Gasteiger partial charge >= 0.3 is 0 Å². The highest BCUT2D eigenvalue weighted by atomic mass is 32.1. The van der Waals surface area contributed by atoms with Crippen LogP contribution < -0.4 is 5.32 Å². The van der Waals surface area contributed by atoms with Crippen molar-refractivity contribution in [1.82, 2.24) is 24.7 Å². The third-order valence-electron chi connectivity index (χ3n) is 3.64. The predicted molar refractivity (Wildman–Crippen MR) is 94.4 cm³/mol. The van der Waals surface area contributed by atoms with Crippen LogP contribution in [0.4, 0.5) is 5.69 Å². The predicted octanol–water partition coefficient (Wildman–Crippen LogP) is 3.13. The molecule has 1 unspecified atom stereocenters. The molecule has 0 saturated heterocycles. The van der Waals surface area contributed by atoms with Crippen molar-refractivity contribution in [1.29, 1.82) is 5.26 Å². The fraction of sp³-hybridized carbons (Fsp3) is 0.0588. The molecule has 1 atom stereocenters. The minimum absolute atomic E-state index is 0.105. The van der Waals surface area contributed by atoms with Gasteiger partial charge in [0.15, 0.2) is 5.82 Å². The number of pyridine rings is 1. The van der Waals surface area contributed by atoms with Gasteiger partial charge in [0.05, 0.1) is 23.6 Å². The van der Waals surface area contributed by atoms with E-state index in [-0.39, 0.29) is 6.04 Å². The number of imidazole rings is 1. The Labute approximate surface area is 147 Å². The van der Waals surface area contributed by atoms with Crippen LogP contribution in [-0.4, -0.2) is 24.7 Å². The lowest BCUT2D eigenvalue weighted by molar-refractivity contribution is 0.842. The highest BCUT2D eigenvalue weighted by Crippen LogP contribution is 2.28. The van der Waals surface area contributed by atoms with Gasteiger partial charge in [0.1, 0.15) is 17.9 Å². The minimum Gasteiger partial charge on any atom is -0.368 e. The van der Waals surface area contributed by atoms with Gasteiger partial charge in [-0.15, -0.1) is 11.3 Å². The molecule has 0 bridgehead atoms. The van der Waals surface area contributed by atoms with Gasteiger partial charge in [-0.3, -0.25) is 0 Å². The van der Waals surface area contributed by atoms with Gasteiger partial charge in [-0.1, -0.05) is 6.07 Å². The Morgan fingerprint density at radius 1 is 1.24 bits per heavy atom. The van der Waals surface area contributed by atoms with Crippen LogP contribution in [-0.2, 0) is 0 Å². The SMILES string of the molecule is N#Cc1cccnc1-n1cc(NC(c2ncc[nH]2)c2cccs2)cn1. The maximum Gasteiger partial charge on any atom is 0.171 e. The van der Waals surface area contributed by atoms with Crippen molar-refractivity contribution >= 4 is 17.0 Å². The molecule has 0 amide bonds. The van der Waals surface area contributed by atoms with E-state index < -0.39 is 0 Å². The largest absolute Gasteiger partial charge is 0.368 e. The van der Waals surface area contributed by atoms with E-state index in [4.69, 9.17) is 0 Å². The molecule has 0 fully saturated rings. The lowest BCUT2D eigenvalue weighted by Gasteiger charge is -2.15. The van der Waals surface area contributed by atoms with E-state index in [0.29, 0.717) is 11.4 Å². The van der Waals surface area contributed by atoms with Crippen LogP contribution in [0.1, 0.15) is 22.3 Å². The molecule has 0 saturated carbocycles. The molecule has 4 rings (SSSR count). The first-order chi connectivity index (χ1) is 12.3. The highest BCUT2D eigenvalue weighted by Gasteiger charge is 2.18. The number of nitrogens with zero attached hydrogens (tertiary/aromatic N) is 5. The summed E-state index contributed by atoms with van der Waals surface area (Å²) in [6, 6.07) is 9.54. The number of H-pyrrole nitrogens is 1. The smallest absolute Gasteiger partial charge is 0.171 e. The molecule has 0 aliphatic carbocycles. The van der Waals surface area contributed by atoms with Gasteiger partial charge in [-0.25, -0.2) is 14.6 Å². The third-order valence-corrected chi connectivity index (χ3v) is 4.58. The topological polar surface area (TPSA) is 95.2 Å². The number of aromatic nitrogens is 5. The number of aromatic amines is 1. The molecule has 4 aromatic rings. The fourth-order valence-corrected chi connectivity index (χ4v) is 3.29. The Morgan fingerprint density at radius 2 is 2.20 bits per heavy atom. The van der Waals surface area contributed by atoms with Gasteiger partial charge < -0.3 is 10.3 Å². The van der Waals surface area contributed by atoms with Gasteiger partial charge in [0.2, 0.25) is 0 Å². The molecule has 0 radical (unpaired) electrons. The monoisotopic (exact) mass is 347 g/mol. The molecular formula is C17H13N7S. The molecular weight excluding hydrogens is 334 g/mol. The van der Waals surface area contributed by atoms with Crippen LogP contribution in [0.3, 0.4) is 0 Å². The number of rotatable bonds is 5. The average molecular weight is 347 g/mol. The van der Waals surface area contributed by atoms with Crippen LogP contribution in [0.5, 0.6) is 0 Å². The van der Waals surface area contributed by atoms with Crippen LogP contribution in [0, 0.1) is 11.3 Å². The van der Waals surface area contributed by atoms with E-state index in [1.165, 1.54) is 0 Å². The molecule has 4 aromatic heterocycles. The number of nitriles is 1. The quantitative estimate of drug-likeness (QED) is 0.578. The van der Waals surface area contributed by atoms with Crippen molar-refractivity contribution in [3.63, 3.8) is 0 Å².